The number of carbonyl (C=O) groups excluding carboxylic acids is 1. The van der Waals surface area contributed by atoms with Crippen LogP contribution in [0.3, 0.4) is 0 Å². The van der Waals surface area contributed by atoms with E-state index in [4.69, 9.17) is 0 Å². The number of aryl methyl sites for hydroxylation is 3. The van der Waals surface area contributed by atoms with Crippen LogP contribution in [0.15, 0.2) is 35.1 Å². The number of nitrogens with zero attached hydrogens (tertiary/aromatic N) is 4. The van der Waals surface area contributed by atoms with Gasteiger partial charge in [-0.2, -0.15) is 5.10 Å². The molecule has 1 aliphatic rings. The lowest BCUT2D eigenvalue weighted by molar-refractivity contribution is -0.134. The van der Waals surface area contributed by atoms with Gasteiger partial charge in [-0.15, -0.1) is 0 Å². The van der Waals surface area contributed by atoms with Crippen LogP contribution in [0.2, 0.25) is 0 Å². The molecule has 6 nitrogen and oxygen atoms in total. The molecular formula is C21H28N4O2. The van der Waals surface area contributed by atoms with E-state index in [2.05, 4.69) is 49.0 Å². The summed E-state index contributed by atoms with van der Waals surface area (Å²) in [4.78, 5) is 28.7. The van der Waals surface area contributed by atoms with Crippen molar-refractivity contribution in [3.05, 3.63) is 63.1 Å². The van der Waals surface area contributed by atoms with Crippen molar-refractivity contribution in [1.29, 1.82) is 0 Å². The van der Waals surface area contributed by atoms with E-state index in [1.807, 2.05) is 11.8 Å². The number of aromatic nitrogens is 2. The maximum atomic E-state index is 12.6. The number of benzene rings is 1. The first kappa shape index (κ1) is 19.3. The first-order valence-electron chi connectivity index (χ1n) is 9.49. The highest BCUT2D eigenvalue weighted by Crippen LogP contribution is 2.23. The number of piperazine rings is 1. The lowest BCUT2D eigenvalue weighted by Crippen LogP contribution is -2.50. The second-order valence-electron chi connectivity index (χ2n) is 7.41. The van der Waals surface area contributed by atoms with Crippen LogP contribution in [0.4, 0.5) is 0 Å². The summed E-state index contributed by atoms with van der Waals surface area (Å²) < 4.78 is 1.25. The molecule has 3 rings (SSSR count). The number of hydrogen-bond donors (Lipinski definition) is 0. The molecule has 1 aromatic heterocycles. The average molecular weight is 368 g/mol. The molecule has 1 saturated heterocycles. The molecule has 0 aliphatic carbocycles. The highest BCUT2D eigenvalue weighted by atomic mass is 16.2. The molecule has 6 heteroatoms. The van der Waals surface area contributed by atoms with Crippen molar-refractivity contribution >= 4 is 5.91 Å². The molecule has 1 aromatic carbocycles. The molecule has 0 bridgehead atoms. The summed E-state index contributed by atoms with van der Waals surface area (Å²) in [5.41, 5.74) is 4.42. The quantitative estimate of drug-likeness (QED) is 0.829. The van der Waals surface area contributed by atoms with Gasteiger partial charge in [0.15, 0.2) is 0 Å². The van der Waals surface area contributed by atoms with Gasteiger partial charge in [0.2, 0.25) is 5.91 Å². The van der Waals surface area contributed by atoms with Crippen LogP contribution < -0.4 is 5.56 Å². The number of carbonyl (C=O) groups is 1. The fourth-order valence-electron chi connectivity index (χ4n) is 3.49. The van der Waals surface area contributed by atoms with Crippen LogP contribution in [-0.2, 0) is 11.3 Å². The largest absolute Gasteiger partial charge is 0.339 e. The lowest BCUT2D eigenvalue weighted by atomic mass is 10.0. The molecule has 144 valence electrons. The zero-order valence-electron chi connectivity index (χ0n) is 16.6. The van der Waals surface area contributed by atoms with Crippen molar-refractivity contribution in [2.45, 2.75) is 40.3 Å². The minimum atomic E-state index is -0.240. The van der Waals surface area contributed by atoms with Crippen LogP contribution in [-0.4, -0.2) is 51.7 Å². The Kier molecular flexibility index (Phi) is 5.75. The van der Waals surface area contributed by atoms with Crippen molar-refractivity contribution in [2.24, 2.45) is 0 Å². The van der Waals surface area contributed by atoms with Gasteiger partial charge < -0.3 is 4.90 Å². The standard InChI is InChI=1S/C21H28N4O2/c1-15-5-7-19(13-16(15)2)18(4)23-9-11-24(12-10-23)21(27)14-25-20(26)8-6-17(3)22-25/h5-8,13,18H,9-12,14H2,1-4H3. The lowest BCUT2D eigenvalue weighted by Gasteiger charge is -2.38. The van der Waals surface area contributed by atoms with E-state index in [0.717, 1.165) is 18.8 Å². The molecule has 0 radical (unpaired) electrons. The SMILES string of the molecule is Cc1ccc(=O)n(CC(=O)N2CCN(C(C)c3ccc(C)c(C)c3)CC2)n1. The average Bonchev–Trinajstić information content (AvgIpc) is 2.66. The minimum Gasteiger partial charge on any atom is -0.339 e. The van der Waals surface area contributed by atoms with E-state index < -0.39 is 0 Å². The zero-order valence-corrected chi connectivity index (χ0v) is 16.6. The summed E-state index contributed by atoms with van der Waals surface area (Å²) in [6, 6.07) is 10.1. The summed E-state index contributed by atoms with van der Waals surface area (Å²) in [5.74, 6) is -0.0475. The van der Waals surface area contributed by atoms with Crippen molar-refractivity contribution in [2.75, 3.05) is 26.2 Å². The monoisotopic (exact) mass is 368 g/mol. The Balaban J connectivity index is 1.59. The smallest absolute Gasteiger partial charge is 0.267 e. The predicted octanol–water partition coefficient (Wildman–Crippen LogP) is 2.07. The van der Waals surface area contributed by atoms with E-state index >= 15 is 0 Å². The minimum absolute atomic E-state index is 0.00717. The Morgan fingerprint density at radius 3 is 2.41 bits per heavy atom. The highest BCUT2D eigenvalue weighted by Gasteiger charge is 2.25. The fourth-order valence-corrected chi connectivity index (χ4v) is 3.49. The fraction of sp³-hybridized carbons (Fsp3) is 0.476. The molecule has 2 heterocycles. The van der Waals surface area contributed by atoms with Crippen LogP contribution in [0, 0.1) is 20.8 Å². The van der Waals surface area contributed by atoms with Crippen molar-refractivity contribution < 1.29 is 4.79 Å². The van der Waals surface area contributed by atoms with Gasteiger partial charge in [-0.25, -0.2) is 4.68 Å². The zero-order chi connectivity index (χ0) is 19.6. The van der Waals surface area contributed by atoms with Crippen molar-refractivity contribution in [3.8, 4) is 0 Å². The number of amides is 1. The second kappa shape index (κ2) is 8.05. The molecule has 0 saturated carbocycles. The maximum Gasteiger partial charge on any atom is 0.267 e. The Hall–Kier alpha value is -2.47. The molecule has 0 N–H and O–H groups in total. The first-order chi connectivity index (χ1) is 12.8. The third-order valence-corrected chi connectivity index (χ3v) is 5.51. The summed E-state index contributed by atoms with van der Waals surface area (Å²) in [6.07, 6.45) is 0. The van der Waals surface area contributed by atoms with Gasteiger partial charge in [-0.3, -0.25) is 14.5 Å². The molecule has 1 atom stereocenters. The van der Waals surface area contributed by atoms with E-state index in [-0.39, 0.29) is 18.0 Å². The van der Waals surface area contributed by atoms with Crippen LogP contribution >= 0.6 is 0 Å². The van der Waals surface area contributed by atoms with Gasteiger partial charge in [0, 0.05) is 38.3 Å². The summed E-state index contributed by atoms with van der Waals surface area (Å²) in [6.45, 7) is 11.3. The third-order valence-electron chi connectivity index (χ3n) is 5.51. The Morgan fingerprint density at radius 2 is 1.74 bits per heavy atom. The summed E-state index contributed by atoms with van der Waals surface area (Å²) in [7, 11) is 0. The molecule has 2 aromatic rings. The Labute approximate surface area is 160 Å². The van der Waals surface area contributed by atoms with E-state index in [1.165, 1.54) is 27.4 Å². The third kappa shape index (κ3) is 4.45. The highest BCUT2D eigenvalue weighted by molar-refractivity contribution is 5.76. The van der Waals surface area contributed by atoms with Crippen LogP contribution in [0.25, 0.3) is 0 Å². The maximum absolute atomic E-state index is 12.6. The topological polar surface area (TPSA) is 58.4 Å². The van der Waals surface area contributed by atoms with Gasteiger partial charge in [-0.05, 0) is 50.5 Å². The summed E-state index contributed by atoms with van der Waals surface area (Å²) in [5, 5.41) is 4.15. The van der Waals surface area contributed by atoms with Gasteiger partial charge in [-0.1, -0.05) is 18.2 Å². The van der Waals surface area contributed by atoms with E-state index in [9.17, 15) is 9.59 Å². The van der Waals surface area contributed by atoms with Gasteiger partial charge in [0.1, 0.15) is 6.54 Å². The molecule has 0 spiro atoms. The molecular weight excluding hydrogens is 340 g/mol. The van der Waals surface area contributed by atoms with Crippen LogP contribution in [0.5, 0.6) is 0 Å². The molecule has 1 fully saturated rings. The van der Waals surface area contributed by atoms with E-state index in [1.54, 1.807) is 6.07 Å². The normalized spacial score (nSPS) is 16.4. The molecule has 1 unspecified atom stereocenters. The number of rotatable bonds is 4. The Bertz CT molecular complexity index is 882. The van der Waals surface area contributed by atoms with Gasteiger partial charge in [0.05, 0.1) is 5.69 Å². The van der Waals surface area contributed by atoms with Gasteiger partial charge >= 0.3 is 0 Å². The Morgan fingerprint density at radius 1 is 1.04 bits per heavy atom. The molecule has 1 aliphatic heterocycles. The molecule has 27 heavy (non-hydrogen) atoms. The second-order valence-corrected chi connectivity index (χ2v) is 7.41. The van der Waals surface area contributed by atoms with E-state index in [0.29, 0.717) is 19.1 Å². The predicted molar refractivity (Wildman–Crippen MR) is 106 cm³/mol. The summed E-state index contributed by atoms with van der Waals surface area (Å²) >= 11 is 0. The number of hydrogen-bond acceptors (Lipinski definition) is 4. The molecule has 1 amide bonds. The van der Waals surface area contributed by atoms with Crippen molar-refractivity contribution in [3.63, 3.8) is 0 Å². The van der Waals surface area contributed by atoms with Crippen LogP contribution in [0.1, 0.15) is 35.3 Å². The van der Waals surface area contributed by atoms with Gasteiger partial charge in [0.25, 0.3) is 5.56 Å². The first-order valence-corrected chi connectivity index (χ1v) is 9.49. The van der Waals surface area contributed by atoms with Crippen molar-refractivity contribution in [1.82, 2.24) is 19.6 Å².